The summed E-state index contributed by atoms with van der Waals surface area (Å²) in [6.45, 7) is 2.60. The number of pyridine rings is 1. The van der Waals surface area contributed by atoms with Gasteiger partial charge in [0.25, 0.3) is 5.91 Å². The maximum atomic E-state index is 12.6. The summed E-state index contributed by atoms with van der Waals surface area (Å²) < 4.78 is 0. The molecule has 1 aromatic heterocycles. The van der Waals surface area contributed by atoms with Crippen LogP contribution in [0, 0.1) is 5.92 Å². The van der Waals surface area contributed by atoms with Gasteiger partial charge in [0.1, 0.15) is 5.69 Å². The first-order chi connectivity index (χ1) is 9.72. The zero-order valence-electron chi connectivity index (χ0n) is 11.6. The van der Waals surface area contributed by atoms with Crippen LogP contribution in [0.2, 0.25) is 0 Å². The second-order valence-corrected chi connectivity index (χ2v) is 5.88. The normalized spacial score (nSPS) is 21.9. The van der Waals surface area contributed by atoms with Crippen molar-refractivity contribution in [3.05, 3.63) is 34.2 Å². The highest BCUT2D eigenvalue weighted by Crippen LogP contribution is 2.30. The highest BCUT2D eigenvalue weighted by atomic mass is 16.2. The lowest BCUT2D eigenvalue weighted by molar-refractivity contribution is 0.0727. The zero-order valence-corrected chi connectivity index (χ0v) is 11.6. The maximum Gasteiger partial charge on any atom is 0.270 e. The lowest BCUT2D eigenvalue weighted by atomic mass is 10.2. The Morgan fingerprint density at radius 2 is 2.10 bits per heavy atom. The van der Waals surface area contributed by atoms with Crippen molar-refractivity contribution < 1.29 is 4.79 Å². The number of aromatic nitrogens is 1. The van der Waals surface area contributed by atoms with Crippen LogP contribution in [-0.4, -0.2) is 41.5 Å². The van der Waals surface area contributed by atoms with Crippen LogP contribution in [0.5, 0.6) is 0 Å². The van der Waals surface area contributed by atoms with E-state index in [-0.39, 0.29) is 11.5 Å². The molecule has 2 N–H and O–H groups in total. The fourth-order valence-electron chi connectivity index (χ4n) is 2.77. The van der Waals surface area contributed by atoms with Crippen molar-refractivity contribution in [2.24, 2.45) is 5.92 Å². The minimum absolute atomic E-state index is 0.0525. The molecule has 20 heavy (non-hydrogen) atoms. The average Bonchev–Trinajstić information content (AvgIpc) is 3.11. The van der Waals surface area contributed by atoms with Crippen molar-refractivity contribution in [3.8, 4) is 0 Å². The summed E-state index contributed by atoms with van der Waals surface area (Å²) in [6, 6.07) is 5.15. The van der Waals surface area contributed by atoms with Gasteiger partial charge in [-0.1, -0.05) is 6.07 Å². The van der Waals surface area contributed by atoms with Gasteiger partial charge in [-0.05, 0) is 44.2 Å². The highest BCUT2D eigenvalue weighted by molar-refractivity contribution is 5.92. The van der Waals surface area contributed by atoms with Gasteiger partial charge < -0.3 is 15.2 Å². The van der Waals surface area contributed by atoms with Gasteiger partial charge in [-0.3, -0.25) is 9.59 Å². The third-order valence-corrected chi connectivity index (χ3v) is 4.06. The third-order valence-electron chi connectivity index (χ3n) is 4.06. The minimum Gasteiger partial charge on any atom is -0.336 e. The van der Waals surface area contributed by atoms with Crippen molar-refractivity contribution >= 4 is 5.91 Å². The van der Waals surface area contributed by atoms with Gasteiger partial charge in [-0.15, -0.1) is 0 Å². The number of amides is 1. The number of hydrogen-bond acceptors (Lipinski definition) is 3. The molecule has 1 amide bonds. The fraction of sp³-hybridized carbons (Fsp3) is 0.600. The lowest BCUT2D eigenvalue weighted by Crippen LogP contribution is -2.42. The van der Waals surface area contributed by atoms with Crippen molar-refractivity contribution in [2.75, 3.05) is 19.6 Å². The van der Waals surface area contributed by atoms with E-state index in [0.717, 1.165) is 26.1 Å². The minimum atomic E-state index is -0.221. The number of H-pyrrole nitrogens is 1. The van der Waals surface area contributed by atoms with Gasteiger partial charge in [0, 0.05) is 25.2 Å². The Morgan fingerprint density at radius 3 is 2.75 bits per heavy atom. The van der Waals surface area contributed by atoms with E-state index in [2.05, 4.69) is 10.3 Å². The summed E-state index contributed by atoms with van der Waals surface area (Å²) in [5.74, 6) is 0.596. The van der Waals surface area contributed by atoms with Crippen LogP contribution >= 0.6 is 0 Å². The molecule has 2 fully saturated rings. The van der Waals surface area contributed by atoms with Crippen LogP contribution in [0.25, 0.3) is 0 Å². The third kappa shape index (κ3) is 3.28. The van der Waals surface area contributed by atoms with Crippen LogP contribution in [0.1, 0.15) is 36.2 Å². The summed E-state index contributed by atoms with van der Waals surface area (Å²) >= 11 is 0. The molecule has 0 radical (unpaired) electrons. The standard InChI is InChI=1S/C15H21N3O2/c19-14-5-1-4-13(17-14)15(20)18(9-11-6-7-11)10-12-3-2-8-16-12/h1,4-5,11-12,16H,2-3,6-10H2,(H,17,19). The molecular weight excluding hydrogens is 254 g/mol. The Morgan fingerprint density at radius 1 is 1.25 bits per heavy atom. The molecule has 1 aliphatic heterocycles. The molecule has 1 unspecified atom stereocenters. The van der Waals surface area contributed by atoms with Gasteiger partial charge in [0.15, 0.2) is 0 Å². The summed E-state index contributed by atoms with van der Waals surface area (Å²) in [7, 11) is 0. The Kier molecular flexibility index (Phi) is 3.87. The van der Waals surface area contributed by atoms with Crippen molar-refractivity contribution in [1.29, 1.82) is 0 Å². The second-order valence-electron chi connectivity index (χ2n) is 5.88. The summed E-state index contributed by atoms with van der Waals surface area (Å²) in [5.41, 5.74) is 0.178. The van der Waals surface area contributed by atoms with Gasteiger partial charge in [0.2, 0.25) is 5.56 Å². The summed E-state index contributed by atoms with van der Waals surface area (Å²) in [4.78, 5) is 28.5. The van der Waals surface area contributed by atoms with E-state index in [1.165, 1.54) is 25.3 Å². The number of rotatable bonds is 5. The molecule has 5 nitrogen and oxygen atoms in total. The van der Waals surface area contributed by atoms with Crippen LogP contribution < -0.4 is 10.9 Å². The molecule has 1 aliphatic carbocycles. The molecule has 1 atom stereocenters. The maximum absolute atomic E-state index is 12.6. The molecule has 0 bridgehead atoms. The molecule has 1 saturated heterocycles. The van der Waals surface area contributed by atoms with E-state index in [4.69, 9.17) is 0 Å². The van der Waals surface area contributed by atoms with E-state index in [9.17, 15) is 9.59 Å². The second kappa shape index (κ2) is 5.79. The van der Waals surface area contributed by atoms with Crippen LogP contribution in [-0.2, 0) is 0 Å². The van der Waals surface area contributed by atoms with Crippen LogP contribution in [0.4, 0.5) is 0 Å². The largest absolute Gasteiger partial charge is 0.336 e. The number of carbonyl (C=O) groups is 1. The molecule has 5 heteroatoms. The summed E-state index contributed by atoms with van der Waals surface area (Å²) in [6.07, 6.45) is 4.73. The first-order valence-electron chi connectivity index (χ1n) is 7.44. The Bertz CT molecular complexity index is 530. The number of aromatic amines is 1. The molecule has 2 aliphatic rings. The highest BCUT2D eigenvalue weighted by Gasteiger charge is 2.29. The predicted molar refractivity (Wildman–Crippen MR) is 76.7 cm³/mol. The van der Waals surface area contributed by atoms with E-state index in [1.807, 2.05) is 4.90 Å². The Balaban J connectivity index is 1.72. The van der Waals surface area contributed by atoms with E-state index in [1.54, 1.807) is 12.1 Å². The van der Waals surface area contributed by atoms with Crippen molar-refractivity contribution in [3.63, 3.8) is 0 Å². The Hall–Kier alpha value is -1.62. The summed E-state index contributed by atoms with van der Waals surface area (Å²) in [5, 5.41) is 3.43. The molecule has 3 rings (SSSR count). The number of hydrogen-bond donors (Lipinski definition) is 2. The number of nitrogens with zero attached hydrogens (tertiary/aromatic N) is 1. The molecule has 1 aromatic rings. The zero-order chi connectivity index (χ0) is 13.9. The van der Waals surface area contributed by atoms with E-state index < -0.39 is 0 Å². The topological polar surface area (TPSA) is 65.2 Å². The number of nitrogens with one attached hydrogen (secondary N) is 2. The fourth-order valence-corrected chi connectivity index (χ4v) is 2.77. The first kappa shape index (κ1) is 13.4. The average molecular weight is 275 g/mol. The van der Waals surface area contributed by atoms with Gasteiger partial charge in [0.05, 0.1) is 0 Å². The van der Waals surface area contributed by atoms with Gasteiger partial charge in [-0.2, -0.15) is 0 Å². The van der Waals surface area contributed by atoms with Crippen LogP contribution in [0.15, 0.2) is 23.0 Å². The smallest absolute Gasteiger partial charge is 0.270 e. The monoisotopic (exact) mass is 275 g/mol. The Labute approximate surface area is 118 Å². The van der Waals surface area contributed by atoms with Gasteiger partial charge in [-0.25, -0.2) is 0 Å². The van der Waals surface area contributed by atoms with Gasteiger partial charge >= 0.3 is 0 Å². The molecule has 1 saturated carbocycles. The molecule has 0 aromatic carbocycles. The van der Waals surface area contributed by atoms with E-state index in [0.29, 0.717) is 17.7 Å². The van der Waals surface area contributed by atoms with Crippen molar-refractivity contribution in [1.82, 2.24) is 15.2 Å². The van der Waals surface area contributed by atoms with Crippen LogP contribution in [0.3, 0.4) is 0 Å². The quantitative estimate of drug-likeness (QED) is 0.842. The predicted octanol–water partition coefficient (Wildman–Crippen LogP) is 0.979. The van der Waals surface area contributed by atoms with E-state index >= 15 is 0 Å². The lowest BCUT2D eigenvalue weighted by Gasteiger charge is -2.25. The number of carbonyl (C=O) groups excluding carboxylic acids is 1. The molecule has 2 heterocycles. The SMILES string of the molecule is O=C(c1cccc(=O)[nH]1)N(CC1CC1)CC1CCCN1. The van der Waals surface area contributed by atoms with Crippen molar-refractivity contribution in [2.45, 2.75) is 31.7 Å². The first-order valence-corrected chi connectivity index (χ1v) is 7.44. The molecular formula is C15H21N3O2. The molecule has 0 spiro atoms. The molecule has 108 valence electrons.